The van der Waals surface area contributed by atoms with Gasteiger partial charge >= 0.3 is 0 Å². The van der Waals surface area contributed by atoms with Crippen molar-refractivity contribution < 1.29 is 9.53 Å². The van der Waals surface area contributed by atoms with Gasteiger partial charge < -0.3 is 14.5 Å². The molecular formula is C25H34N2O2. The molecule has 2 aromatic carbocycles. The number of nitrogens with zero attached hydrogens (tertiary/aromatic N) is 2. The van der Waals surface area contributed by atoms with Crippen LogP contribution in [0, 0.1) is 0 Å². The van der Waals surface area contributed by atoms with Gasteiger partial charge in [0.1, 0.15) is 5.75 Å². The highest BCUT2D eigenvalue weighted by atomic mass is 16.5. The smallest absolute Gasteiger partial charge is 0.254 e. The Morgan fingerprint density at radius 3 is 2.55 bits per heavy atom. The molecular weight excluding hydrogens is 360 g/mol. The van der Waals surface area contributed by atoms with Gasteiger partial charge in [0.25, 0.3) is 5.91 Å². The molecule has 0 saturated carbocycles. The zero-order valence-electron chi connectivity index (χ0n) is 18.3. The topological polar surface area (TPSA) is 32.8 Å². The Hall–Kier alpha value is -2.33. The number of benzene rings is 2. The highest BCUT2D eigenvalue weighted by Gasteiger charge is 2.41. The van der Waals surface area contributed by atoms with Crippen LogP contribution in [0.4, 0.5) is 0 Å². The SMILES string of the molecule is CCN1CCCC(c2cccc(OC)c2)(c2ccccc2C(=O)N(CC)CC)C1. The maximum atomic E-state index is 13.4. The van der Waals surface area contributed by atoms with E-state index in [0.29, 0.717) is 0 Å². The van der Waals surface area contributed by atoms with Crippen molar-refractivity contribution in [2.75, 3.05) is 39.8 Å². The molecule has 0 aliphatic carbocycles. The normalized spacial score (nSPS) is 19.7. The molecule has 29 heavy (non-hydrogen) atoms. The fourth-order valence-corrected chi connectivity index (χ4v) is 4.71. The second kappa shape index (κ2) is 9.45. The van der Waals surface area contributed by atoms with E-state index in [2.05, 4.69) is 42.2 Å². The van der Waals surface area contributed by atoms with Crippen molar-refractivity contribution in [1.82, 2.24) is 9.80 Å². The summed E-state index contributed by atoms with van der Waals surface area (Å²) in [4.78, 5) is 17.8. The molecule has 1 saturated heterocycles. The molecule has 0 N–H and O–H groups in total. The highest BCUT2D eigenvalue weighted by molar-refractivity contribution is 5.96. The first-order valence-electron chi connectivity index (χ1n) is 10.8. The molecule has 1 heterocycles. The van der Waals surface area contributed by atoms with Crippen molar-refractivity contribution in [3.8, 4) is 5.75 Å². The zero-order valence-corrected chi connectivity index (χ0v) is 18.3. The van der Waals surface area contributed by atoms with Gasteiger partial charge in [-0.15, -0.1) is 0 Å². The van der Waals surface area contributed by atoms with Gasteiger partial charge in [-0.3, -0.25) is 4.79 Å². The van der Waals surface area contributed by atoms with Gasteiger partial charge in [0.2, 0.25) is 0 Å². The predicted octanol–water partition coefficient (Wildman–Crippen LogP) is 4.58. The molecule has 0 spiro atoms. The van der Waals surface area contributed by atoms with E-state index in [-0.39, 0.29) is 11.3 Å². The summed E-state index contributed by atoms with van der Waals surface area (Å²) in [6, 6.07) is 16.6. The number of likely N-dealkylation sites (tertiary alicyclic amines) is 1. The second-order valence-corrected chi connectivity index (χ2v) is 7.81. The summed E-state index contributed by atoms with van der Waals surface area (Å²) < 4.78 is 5.54. The number of piperidine rings is 1. The first-order valence-corrected chi connectivity index (χ1v) is 10.8. The summed E-state index contributed by atoms with van der Waals surface area (Å²) in [5.74, 6) is 0.990. The zero-order chi connectivity index (χ0) is 20.9. The lowest BCUT2D eigenvalue weighted by Crippen LogP contribution is -2.47. The predicted molar refractivity (Wildman–Crippen MR) is 119 cm³/mol. The Kier molecular flexibility index (Phi) is 6.96. The van der Waals surface area contributed by atoms with Crippen LogP contribution in [0.5, 0.6) is 5.75 Å². The molecule has 4 nitrogen and oxygen atoms in total. The van der Waals surface area contributed by atoms with Crippen molar-refractivity contribution in [2.45, 2.75) is 39.0 Å². The monoisotopic (exact) mass is 394 g/mol. The summed E-state index contributed by atoms with van der Waals surface area (Å²) in [6.07, 6.45) is 2.14. The molecule has 0 bridgehead atoms. The molecule has 2 aromatic rings. The molecule has 1 aliphatic rings. The van der Waals surface area contributed by atoms with Gasteiger partial charge in [-0.05, 0) is 69.1 Å². The van der Waals surface area contributed by atoms with Crippen molar-refractivity contribution in [1.29, 1.82) is 0 Å². The summed E-state index contributed by atoms with van der Waals surface area (Å²) in [6.45, 7) is 10.8. The highest BCUT2D eigenvalue weighted by Crippen LogP contribution is 2.43. The first kappa shape index (κ1) is 21.4. The van der Waals surface area contributed by atoms with Gasteiger partial charge in [-0.1, -0.05) is 37.3 Å². The van der Waals surface area contributed by atoms with Crippen LogP contribution in [0.3, 0.4) is 0 Å². The van der Waals surface area contributed by atoms with Crippen molar-refractivity contribution in [3.05, 3.63) is 65.2 Å². The van der Waals surface area contributed by atoms with Gasteiger partial charge in [-0.25, -0.2) is 0 Å². The van der Waals surface area contributed by atoms with Crippen LogP contribution in [0.15, 0.2) is 48.5 Å². The largest absolute Gasteiger partial charge is 0.497 e. The molecule has 1 aliphatic heterocycles. The third-order valence-electron chi connectivity index (χ3n) is 6.36. The van der Waals surface area contributed by atoms with E-state index in [1.807, 2.05) is 36.9 Å². The summed E-state index contributed by atoms with van der Waals surface area (Å²) in [5, 5.41) is 0. The lowest BCUT2D eigenvalue weighted by Gasteiger charge is -2.44. The molecule has 1 fully saturated rings. The Morgan fingerprint density at radius 1 is 1.10 bits per heavy atom. The van der Waals surface area contributed by atoms with E-state index in [1.165, 1.54) is 5.56 Å². The maximum absolute atomic E-state index is 13.4. The van der Waals surface area contributed by atoms with E-state index >= 15 is 0 Å². The number of rotatable bonds is 7. The molecule has 1 unspecified atom stereocenters. The minimum absolute atomic E-state index is 0.126. The lowest BCUT2D eigenvalue weighted by atomic mass is 9.67. The molecule has 1 amide bonds. The van der Waals surface area contributed by atoms with Gasteiger partial charge in [0.05, 0.1) is 7.11 Å². The minimum atomic E-state index is -0.220. The number of ether oxygens (including phenoxy) is 1. The second-order valence-electron chi connectivity index (χ2n) is 7.81. The van der Waals surface area contributed by atoms with Crippen LogP contribution < -0.4 is 4.74 Å². The molecule has 0 aromatic heterocycles. The van der Waals surface area contributed by atoms with Gasteiger partial charge in [0, 0.05) is 30.6 Å². The van der Waals surface area contributed by atoms with Crippen LogP contribution in [0.2, 0.25) is 0 Å². The number of hydrogen-bond acceptors (Lipinski definition) is 3. The van der Waals surface area contributed by atoms with Crippen LogP contribution in [-0.4, -0.2) is 55.5 Å². The summed E-state index contributed by atoms with van der Waals surface area (Å²) >= 11 is 0. The standard InChI is InChI=1S/C25H34N2O2/c1-5-26-17-11-16-25(19-26,20-12-10-13-21(18-20)29-4)23-15-9-8-14-22(23)24(28)27(6-2)7-3/h8-10,12-15,18H,5-7,11,16-17,19H2,1-4H3. The molecule has 1 atom stereocenters. The molecule has 0 radical (unpaired) electrons. The quantitative estimate of drug-likeness (QED) is 0.689. The number of hydrogen-bond donors (Lipinski definition) is 0. The summed E-state index contributed by atoms with van der Waals surface area (Å²) in [7, 11) is 1.71. The number of carbonyl (C=O) groups is 1. The lowest BCUT2D eigenvalue weighted by molar-refractivity contribution is 0.0768. The number of amides is 1. The van der Waals surface area contributed by atoms with Crippen LogP contribution >= 0.6 is 0 Å². The van der Waals surface area contributed by atoms with Crippen molar-refractivity contribution >= 4 is 5.91 Å². The van der Waals surface area contributed by atoms with Crippen LogP contribution in [-0.2, 0) is 5.41 Å². The first-order chi connectivity index (χ1) is 14.1. The van der Waals surface area contributed by atoms with E-state index in [4.69, 9.17) is 4.74 Å². The molecule has 3 rings (SSSR count). The summed E-state index contributed by atoms with van der Waals surface area (Å²) in [5.41, 5.74) is 2.98. The Labute approximate surface area is 175 Å². The van der Waals surface area contributed by atoms with Gasteiger partial charge in [0.15, 0.2) is 0 Å². The van der Waals surface area contributed by atoms with E-state index in [9.17, 15) is 4.79 Å². The Bertz CT molecular complexity index is 831. The Morgan fingerprint density at radius 2 is 1.86 bits per heavy atom. The minimum Gasteiger partial charge on any atom is -0.497 e. The average molecular weight is 395 g/mol. The van der Waals surface area contributed by atoms with E-state index in [1.54, 1.807) is 7.11 Å². The third-order valence-corrected chi connectivity index (χ3v) is 6.36. The fraction of sp³-hybridized carbons (Fsp3) is 0.480. The number of carbonyl (C=O) groups excluding carboxylic acids is 1. The fourth-order valence-electron chi connectivity index (χ4n) is 4.71. The number of likely N-dealkylation sites (N-methyl/N-ethyl adjacent to an activating group) is 1. The van der Waals surface area contributed by atoms with Gasteiger partial charge in [-0.2, -0.15) is 0 Å². The average Bonchev–Trinajstić information content (AvgIpc) is 2.79. The van der Waals surface area contributed by atoms with E-state index < -0.39 is 0 Å². The van der Waals surface area contributed by atoms with Crippen molar-refractivity contribution in [3.63, 3.8) is 0 Å². The molecule has 4 heteroatoms. The van der Waals surface area contributed by atoms with E-state index in [0.717, 1.165) is 62.4 Å². The third kappa shape index (κ3) is 4.18. The maximum Gasteiger partial charge on any atom is 0.254 e. The van der Waals surface area contributed by atoms with Crippen LogP contribution in [0.1, 0.15) is 55.1 Å². The molecule has 156 valence electrons. The van der Waals surface area contributed by atoms with Crippen molar-refractivity contribution in [2.24, 2.45) is 0 Å². The Balaban J connectivity index is 2.19. The number of methoxy groups -OCH3 is 1. The van der Waals surface area contributed by atoms with Crippen LogP contribution in [0.25, 0.3) is 0 Å².